The maximum atomic E-state index is 13.2. The van der Waals surface area contributed by atoms with Gasteiger partial charge in [0.1, 0.15) is 5.75 Å². The van der Waals surface area contributed by atoms with Crippen LogP contribution in [0.15, 0.2) is 74.9 Å². The van der Waals surface area contributed by atoms with Crippen LogP contribution in [-0.2, 0) is 11.0 Å². The molecule has 1 fully saturated rings. The van der Waals surface area contributed by atoms with Crippen LogP contribution >= 0.6 is 51.7 Å². The summed E-state index contributed by atoms with van der Waals surface area (Å²) in [4.78, 5) is 26.4. The van der Waals surface area contributed by atoms with E-state index in [2.05, 4.69) is 15.9 Å². The Morgan fingerprint density at radius 2 is 1.86 bits per heavy atom. The Morgan fingerprint density at radius 3 is 2.54 bits per heavy atom. The largest absolute Gasteiger partial charge is 0.449 e. The van der Waals surface area contributed by atoms with Crippen LogP contribution in [0.25, 0.3) is 6.08 Å². The highest BCUT2D eigenvalue weighted by molar-refractivity contribution is 9.10. The second-order valence-electron chi connectivity index (χ2n) is 7.44. The number of nitro benzene ring substituents is 1. The van der Waals surface area contributed by atoms with Crippen LogP contribution in [-0.4, -0.2) is 21.4 Å². The molecule has 37 heavy (non-hydrogen) atoms. The Hall–Kier alpha value is -2.87. The van der Waals surface area contributed by atoms with E-state index in [-0.39, 0.29) is 22.3 Å². The Morgan fingerprint density at radius 1 is 1.14 bits per heavy atom. The van der Waals surface area contributed by atoms with Crippen molar-refractivity contribution in [1.82, 2.24) is 0 Å². The van der Waals surface area contributed by atoms with E-state index in [9.17, 15) is 28.1 Å². The molecule has 0 spiro atoms. The van der Waals surface area contributed by atoms with Crippen molar-refractivity contribution in [1.29, 1.82) is 0 Å². The molecular formula is C24H14BrF3N2O4S3. The first-order chi connectivity index (χ1) is 17.5. The molecule has 4 rings (SSSR count). The van der Waals surface area contributed by atoms with Gasteiger partial charge in [0.25, 0.3) is 5.91 Å². The van der Waals surface area contributed by atoms with E-state index < -0.39 is 22.4 Å². The molecule has 0 aliphatic carbocycles. The predicted molar refractivity (Wildman–Crippen MR) is 146 cm³/mol. The molecule has 190 valence electrons. The van der Waals surface area contributed by atoms with Crippen molar-refractivity contribution in [3.8, 4) is 11.5 Å². The van der Waals surface area contributed by atoms with Crippen molar-refractivity contribution in [2.24, 2.45) is 0 Å². The molecule has 1 heterocycles. The molecule has 13 heteroatoms. The summed E-state index contributed by atoms with van der Waals surface area (Å²) in [6.07, 6.45) is -1.32. The minimum absolute atomic E-state index is 0.0979. The summed E-state index contributed by atoms with van der Waals surface area (Å²) in [6, 6.07) is 14.1. The smallest absolute Gasteiger partial charge is 0.416 e. The lowest BCUT2D eigenvalue weighted by Crippen LogP contribution is -2.27. The van der Waals surface area contributed by atoms with Gasteiger partial charge in [-0.05, 0) is 60.9 Å². The molecule has 6 nitrogen and oxygen atoms in total. The summed E-state index contributed by atoms with van der Waals surface area (Å²) in [5.41, 5.74) is -1.04. The van der Waals surface area contributed by atoms with E-state index in [4.69, 9.17) is 17.0 Å². The second-order valence-corrected chi connectivity index (χ2v) is 10.9. The van der Waals surface area contributed by atoms with Gasteiger partial charge in [0.15, 0.2) is 4.32 Å². The second kappa shape index (κ2) is 10.9. The third-order valence-electron chi connectivity index (χ3n) is 5.07. The first kappa shape index (κ1) is 27.2. The first-order valence-corrected chi connectivity index (χ1v) is 13.5. The van der Waals surface area contributed by atoms with Gasteiger partial charge in [0, 0.05) is 21.0 Å². The standard InChI is InChI=1S/C24H14BrF3N2O4S3/c1-36-17-4-2-3-16(12-17)29-22(31)21(37-23(29)35)10-13-9-15(25)6-8-19(13)34-20-7-5-14(24(26,27)28)11-18(20)30(32)33/h2-12H,1H3/b21-10+. The average molecular weight is 627 g/mol. The molecule has 0 unspecified atom stereocenters. The zero-order valence-corrected chi connectivity index (χ0v) is 22.7. The molecule has 1 amide bonds. The Balaban J connectivity index is 1.71. The van der Waals surface area contributed by atoms with Crippen molar-refractivity contribution < 1.29 is 27.6 Å². The van der Waals surface area contributed by atoms with Crippen molar-refractivity contribution in [2.45, 2.75) is 11.1 Å². The molecular weight excluding hydrogens is 613 g/mol. The highest BCUT2D eigenvalue weighted by Gasteiger charge is 2.35. The molecule has 1 aliphatic rings. The number of amides is 1. The Kier molecular flexibility index (Phi) is 7.97. The molecule has 0 radical (unpaired) electrons. The number of anilines is 1. The molecule has 0 saturated carbocycles. The number of benzene rings is 3. The highest BCUT2D eigenvalue weighted by Crippen LogP contribution is 2.41. The molecule has 0 bridgehead atoms. The molecule has 1 saturated heterocycles. The molecule has 1 aliphatic heterocycles. The average Bonchev–Trinajstić information content (AvgIpc) is 3.12. The fourth-order valence-electron chi connectivity index (χ4n) is 3.35. The predicted octanol–water partition coefficient (Wildman–Crippen LogP) is 8.30. The number of hydrogen-bond acceptors (Lipinski definition) is 7. The zero-order chi connectivity index (χ0) is 26.9. The first-order valence-electron chi connectivity index (χ1n) is 10.2. The van der Waals surface area contributed by atoms with Crippen molar-refractivity contribution in [2.75, 3.05) is 11.2 Å². The van der Waals surface area contributed by atoms with Crippen LogP contribution in [0.3, 0.4) is 0 Å². The number of alkyl halides is 3. The van der Waals surface area contributed by atoms with Gasteiger partial charge in [-0.1, -0.05) is 46.0 Å². The summed E-state index contributed by atoms with van der Waals surface area (Å²) in [7, 11) is 0. The fourth-order valence-corrected chi connectivity index (χ4v) is 5.47. The summed E-state index contributed by atoms with van der Waals surface area (Å²) in [6.45, 7) is 0. The molecule has 0 aromatic heterocycles. The Labute approximate surface area is 231 Å². The number of hydrogen-bond donors (Lipinski definition) is 0. The molecule has 3 aromatic carbocycles. The van der Waals surface area contributed by atoms with Gasteiger partial charge in [-0.25, -0.2) is 0 Å². The fraction of sp³-hybridized carbons (Fsp3) is 0.0833. The summed E-state index contributed by atoms with van der Waals surface area (Å²) in [5, 5.41) is 11.5. The number of thiocarbonyl (C=S) groups is 1. The van der Waals surface area contributed by atoms with E-state index in [1.165, 1.54) is 28.8 Å². The van der Waals surface area contributed by atoms with Crippen LogP contribution in [0.4, 0.5) is 24.5 Å². The van der Waals surface area contributed by atoms with Crippen LogP contribution < -0.4 is 9.64 Å². The molecule has 0 N–H and O–H groups in total. The zero-order valence-electron chi connectivity index (χ0n) is 18.6. The SMILES string of the molecule is CSc1cccc(N2C(=O)/C(=C\c3cc(Br)ccc3Oc3ccc(C(F)(F)F)cc3[N+](=O)[O-])SC2=S)c1. The number of carbonyl (C=O) groups excluding carboxylic acids is 1. The maximum absolute atomic E-state index is 13.2. The number of rotatable bonds is 6. The van der Waals surface area contributed by atoms with E-state index in [1.807, 2.05) is 24.5 Å². The molecule has 0 atom stereocenters. The normalized spacial score (nSPS) is 14.9. The minimum atomic E-state index is -4.75. The van der Waals surface area contributed by atoms with Gasteiger partial charge in [-0.15, -0.1) is 11.8 Å². The van der Waals surface area contributed by atoms with Gasteiger partial charge in [0.2, 0.25) is 5.75 Å². The van der Waals surface area contributed by atoms with Crippen LogP contribution in [0.5, 0.6) is 11.5 Å². The quantitative estimate of drug-likeness (QED) is 0.0895. The van der Waals surface area contributed by atoms with Crippen molar-refractivity contribution >= 4 is 79.4 Å². The van der Waals surface area contributed by atoms with Crippen LogP contribution in [0.1, 0.15) is 11.1 Å². The minimum Gasteiger partial charge on any atom is -0.449 e. The van der Waals surface area contributed by atoms with E-state index in [0.717, 1.165) is 22.7 Å². The third-order valence-corrected chi connectivity index (χ3v) is 7.59. The molecule has 3 aromatic rings. The lowest BCUT2D eigenvalue weighted by molar-refractivity contribution is -0.385. The maximum Gasteiger partial charge on any atom is 0.416 e. The van der Waals surface area contributed by atoms with Gasteiger partial charge in [-0.3, -0.25) is 19.8 Å². The summed E-state index contributed by atoms with van der Waals surface area (Å²) in [5.74, 6) is -0.642. The number of carbonyl (C=O) groups is 1. The van der Waals surface area contributed by atoms with Gasteiger partial charge in [-0.2, -0.15) is 13.2 Å². The van der Waals surface area contributed by atoms with Crippen LogP contribution in [0.2, 0.25) is 0 Å². The number of nitrogens with zero attached hydrogens (tertiary/aromatic N) is 2. The van der Waals surface area contributed by atoms with Gasteiger partial charge >= 0.3 is 11.9 Å². The van der Waals surface area contributed by atoms with Crippen molar-refractivity contribution in [3.05, 3.63) is 91.3 Å². The number of ether oxygens (including phenoxy) is 1. The highest BCUT2D eigenvalue weighted by atomic mass is 79.9. The van der Waals surface area contributed by atoms with Crippen LogP contribution in [0, 0.1) is 10.1 Å². The number of thioether (sulfide) groups is 2. The summed E-state index contributed by atoms with van der Waals surface area (Å²) >= 11 is 11.4. The monoisotopic (exact) mass is 626 g/mol. The number of nitro groups is 1. The topological polar surface area (TPSA) is 72.7 Å². The summed E-state index contributed by atoms with van der Waals surface area (Å²) < 4.78 is 45.8. The third kappa shape index (κ3) is 6.00. The van der Waals surface area contributed by atoms with Gasteiger partial charge in [0.05, 0.1) is 21.1 Å². The van der Waals surface area contributed by atoms with E-state index >= 15 is 0 Å². The van der Waals surface area contributed by atoms with E-state index in [1.54, 1.807) is 18.2 Å². The Bertz CT molecular complexity index is 1460. The van der Waals surface area contributed by atoms with Gasteiger partial charge < -0.3 is 4.74 Å². The number of halogens is 4. The lowest BCUT2D eigenvalue weighted by Gasteiger charge is -2.15. The van der Waals surface area contributed by atoms with E-state index in [0.29, 0.717) is 32.2 Å². The lowest BCUT2D eigenvalue weighted by atomic mass is 10.1. The van der Waals surface area contributed by atoms with Crippen molar-refractivity contribution in [3.63, 3.8) is 0 Å².